The first kappa shape index (κ1) is 37.7. The normalized spacial score (nSPS) is 18.9. The highest BCUT2D eigenvalue weighted by Gasteiger charge is 2.35. The lowest BCUT2D eigenvalue weighted by molar-refractivity contribution is -0.144. The second-order valence-corrected chi connectivity index (χ2v) is 17.4. The van der Waals surface area contributed by atoms with Crippen molar-refractivity contribution >= 4 is 104 Å². The molecular weight excluding hydrogens is 944 g/mol. The highest BCUT2D eigenvalue weighted by atomic mass is 79.9. The number of hydrogen-bond donors (Lipinski definition) is 0. The Bertz CT molecular complexity index is 1870. The number of piperidine rings is 1. The monoisotopic (exact) mass is 973 g/mol. The predicted octanol–water partition coefficient (Wildman–Crippen LogP) is 11.8. The van der Waals surface area contributed by atoms with E-state index in [-0.39, 0.29) is 17.4 Å². The first-order valence-corrected chi connectivity index (χ1v) is 20.7. The van der Waals surface area contributed by atoms with E-state index in [1.54, 1.807) is 6.20 Å². The molecule has 258 valence electrons. The SMILES string of the molecule is CCOC(=O)CC1CCN(C2c3ncc(Br)cc3CCc3cc(Cl)cc(Br)c32)CC1.Clc1cc(Br)c2c(c1)CCc1cc(Br)cnc1C2Cl. The Hall–Kier alpha value is -1.04. The van der Waals surface area contributed by atoms with Gasteiger partial charge in [0.2, 0.25) is 0 Å². The Morgan fingerprint density at radius 1 is 0.776 bits per heavy atom. The van der Waals surface area contributed by atoms with E-state index in [2.05, 4.69) is 91.8 Å². The van der Waals surface area contributed by atoms with Crippen molar-refractivity contribution in [2.24, 2.45) is 5.92 Å². The van der Waals surface area contributed by atoms with E-state index in [0.717, 1.165) is 96.5 Å². The molecule has 1 saturated heterocycles. The van der Waals surface area contributed by atoms with Gasteiger partial charge in [-0.3, -0.25) is 19.7 Å². The molecular formula is C37H34Br4Cl3N3O2. The van der Waals surface area contributed by atoms with Crippen LogP contribution in [-0.4, -0.2) is 40.5 Å². The Balaban J connectivity index is 0.000000188. The maximum Gasteiger partial charge on any atom is 0.306 e. The number of aromatic nitrogens is 2. The van der Waals surface area contributed by atoms with Crippen LogP contribution in [0.15, 0.2) is 66.7 Å². The van der Waals surface area contributed by atoms with E-state index in [0.29, 0.717) is 18.9 Å². The van der Waals surface area contributed by atoms with Gasteiger partial charge in [-0.1, -0.05) is 55.1 Å². The summed E-state index contributed by atoms with van der Waals surface area (Å²) >= 11 is 33.6. The van der Waals surface area contributed by atoms with Crippen molar-refractivity contribution in [1.29, 1.82) is 0 Å². The zero-order chi connectivity index (χ0) is 34.8. The zero-order valence-electron chi connectivity index (χ0n) is 26.7. The number of benzene rings is 2. The van der Waals surface area contributed by atoms with Crippen LogP contribution >= 0.6 is 98.5 Å². The Morgan fingerprint density at radius 2 is 1.29 bits per heavy atom. The molecule has 0 saturated carbocycles. The summed E-state index contributed by atoms with van der Waals surface area (Å²) in [5.41, 5.74) is 9.36. The van der Waals surface area contributed by atoms with E-state index in [1.807, 2.05) is 31.3 Å². The fraction of sp³-hybridized carbons (Fsp3) is 0.378. The van der Waals surface area contributed by atoms with Crippen LogP contribution < -0.4 is 0 Å². The van der Waals surface area contributed by atoms with Gasteiger partial charge in [0, 0.05) is 46.8 Å². The lowest BCUT2D eigenvalue weighted by Crippen LogP contribution is -2.38. The van der Waals surface area contributed by atoms with Gasteiger partial charge in [-0.25, -0.2) is 0 Å². The molecule has 0 radical (unpaired) electrons. The van der Waals surface area contributed by atoms with E-state index in [1.165, 1.54) is 27.8 Å². The van der Waals surface area contributed by atoms with Crippen LogP contribution in [0.5, 0.6) is 0 Å². The van der Waals surface area contributed by atoms with Gasteiger partial charge < -0.3 is 4.74 Å². The maximum atomic E-state index is 11.9. The molecule has 0 bridgehead atoms. The van der Waals surface area contributed by atoms with Crippen molar-refractivity contribution in [2.75, 3.05) is 19.7 Å². The number of aryl methyl sites for hydroxylation is 4. The molecule has 0 N–H and O–H groups in total. The van der Waals surface area contributed by atoms with Gasteiger partial charge in [-0.15, -0.1) is 11.6 Å². The molecule has 49 heavy (non-hydrogen) atoms. The van der Waals surface area contributed by atoms with Crippen LogP contribution in [-0.2, 0) is 35.2 Å². The van der Waals surface area contributed by atoms with E-state index < -0.39 is 0 Å². The van der Waals surface area contributed by atoms with Crippen molar-refractivity contribution < 1.29 is 9.53 Å². The molecule has 4 aromatic rings. The lowest BCUT2D eigenvalue weighted by atomic mass is 9.90. The summed E-state index contributed by atoms with van der Waals surface area (Å²) in [5, 5.41) is 1.24. The van der Waals surface area contributed by atoms with Gasteiger partial charge in [0.25, 0.3) is 0 Å². The van der Waals surface area contributed by atoms with Crippen LogP contribution in [0.1, 0.15) is 82.4 Å². The van der Waals surface area contributed by atoms with Crippen molar-refractivity contribution in [3.63, 3.8) is 0 Å². The van der Waals surface area contributed by atoms with Crippen LogP contribution in [0.25, 0.3) is 0 Å². The van der Waals surface area contributed by atoms with E-state index in [4.69, 9.17) is 44.5 Å². The molecule has 7 rings (SSSR count). The van der Waals surface area contributed by atoms with Crippen LogP contribution in [0, 0.1) is 5.92 Å². The van der Waals surface area contributed by atoms with Crippen molar-refractivity contribution in [3.05, 3.63) is 121 Å². The standard InChI is InChI=1S/C23H25Br2ClN2O2.C14H9Br2Cl2N/c1-2-30-20(29)9-14-5-7-28(8-6-14)23-21-15(11-18(26)12-19(21)25)3-4-16-10-17(24)13-27-22(16)23;15-9-3-8-2-1-7-4-10(17)5-11(16)12(7)13(18)14(8)19-6-9/h10-14,23H,2-9H2,1H3;3-6,13H,1-2H2. The first-order valence-electron chi connectivity index (χ1n) is 16.3. The number of nitrogens with zero attached hydrogens (tertiary/aromatic N) is 3. The number of alkyl halides is 1. The highest BCUT2D eigenvalue weighted by Crippen LogP contribution is 2.44. The second kappa shape index (κ2) is 16.7. The summed E-state index contributed by atoms with van der Waals surface area (Å²) in [6.45, 7) is 4.17. The minimum atomic E-state index is -0.243. The summed E-state index contributed by atoms with van der Waals surface area (Å²) in [7, 11) is 0. The third-order valence-corrected chi connectivity index (χ3v) is 12.5. The summed E-state index contributed by atoms with van der Waals surface area (Å²) in [6.07, 6.45) is 9.91. The van der Waals surface area contributed by atoms with Crippen LogP contribution in [0.4, 0.5) is 0 Å². The maximum absolute atomic E-state index is 11.9. The molecule has 2 aliphatic carbocycles. The molecule has 0 spiro atoms. The molecule has 3 aliphatic rings. The largest absolute Gasteiger partial charge is 0.466 e. The number of pyridine rings is 2. The zero-order valence-corrected chi connectivity index (χ0v) is 35.3. The predicted molar refractivity (Wildman–Crippen MR) is 212 cm³/mol. The molecule has 1 aliphatic heterocycles. The molecule has 2 aromatic carbocycles. The fourth-order valence-corrected chi connectivity index (χ4v) is 10.7. The topological polar surface area (TPSA) is 55.3 Å². The molecule has 2 unspecified atom stereocenters. The lowest BCUT2D eigenvalue weighted by Gasteiger charge is -2.38. The molecule has 0 amide bonds. The van der Waals surface area contributed by atoms with Gasteiger partial charge in [-0.05, 0) is 166 Å². The number of hydrogen-bond acceptors (Lipinski definition) is 5. The quantitative estimate of drug-likeness (QED) is 0.151. The number of fused-ring (bicyclic) bond motifs is 4. The summed E-state index contributed by atoms with van der Waals surface area (Å²) in [4.78, 5) is 23.8. The van der Waals surface area contributed by atoms with Gasteiger partial charge in [0.15, 0.2) is 0 Å². The molecule has 5 nitrogen and oxygen atoms in total. The number of carbonyl (C=O) groups excluding carboxylic acids is 1. The number of likely N-dealkylation sites (tertiary alicyclic amines) is 1. The number of rotatable bonds is 4. The first-order chi connectivity index (χ1) is 23.5. The van der Waals surface area contributed by atoms with E-state index >= 15 is 0 Å². The number of carbonyl (C=O) groups is 1. The van der Waals surface area contributed by atoms with Gasteiger partial charge in [-0.2, -0.15) is 0 Å². The number of ether oxygens (including phenoxy) is 1. The number of esters is 1. The van der Waals surface area contributed by atoms with E-state index in [9.17, 15) is 4.79 Å². The highest BCUT2D eigenvalue weighted by molar-refractivity contribution is 9.11. The smallest absolute Gasteiger partial charge is 0.306 e. The third kappa shape index (κ3) is 8.78. The van der Waals surface area contributed by atoms with Crippen molar-refractivity contribution in [3.8, 4) is 0 Å². The Labute approximate surface area is 336 Å². The average Bonchev–Trinajstić information content (AvgIpc) is 3.29. The summed E-state index contributed by atoms with van der Waals surface area (Å²) < 4.78 is 9.14. The molecule has 2 aromatic heterocycles. The van der Waals surface area contributed by atoms with Gasteiger partial charge in [0.05, 0.1) is 24.0 Å². The summed E-state index contributed by atoms with van der Waals surface area (Å²) in [5.74, 6) is 0.307. The molecule has 12 heteroatoms. The van der Waals surface area contributed by atoms with Crippen molar-refractivity contribution in [2.45, 2.75) is 63.3 Å². The Morgan fingerprint density at radius 3 is 1.88 bits per heavy atom. The summed E-state index contributed by atoms with van der Waals surface area (Å²) in [6, 6.07) is 12.4. The van der Waals surface area contributed by atoms with Crippen LogP contribution in [0.2, 0.25) is 10.0 Å². The van der Waals surface area contributed by atoms with Crippen LogP contribution in [0.3, 0.4) is 0 Å². The third-order valence-electron chi connectivity index (χ3n) is 9.42. The fourth-order valence-electron chi connectivity index (χ4n) is 7.18. The number of halogens is 7. The minimum Gasteiger partial charge on any atom is -0.466 e. The Kier molecular flexibility index (Phi) is 12.9. The molecule has 2 atom stereocenters. The van der Waals surface area contributed by atoms with Gasteiger partial charge in [0.1, 0.15) is 5.38 Å². The molecule has 1 fully saturated rings. The average molecular weight is 979 g/mol. The van der Waals surface area contributed by atoms with Gasteiger partial charge >= 0.3 is 5.97 Å². The molecule has 3 heterocycles. The van der Waals surface area contributed by atoms with Crippen molar-refractivity contribution in [1.82, 2.24) is 14.9 Å². The second-order valence-electron chi connectivity index (χ2n) is 12.6. The minimum absolute atomic E-state index is 0.0787.